The van der Waals surface area contributed by atoms with Crippen LogP contribution in [0.3, 0.4) is 0 Å². The summed E-state index contributed by atoms with van der Waals surface area (Å²) in [7, 11) is 0. The van der Waals surface area contributed by atoms with E-state index in [0.29, 0.717) is 30.8 Å². The minimum Gasteiger partial charge on any atom is -0.429 e. The summed E-state index contributed by atoms with van der Waals surface area (Å²) in [5, 5.41) is 3.35. The van der Waals surface area contributed by atoms with Gasteiger partial charge in [-0.15, -0.1) is 0 Å². The Bertz CT molecular complexity index is 1190. The quantitative estimate of drug-likeness (QED) is 0.223. The first-order valence-corrected chi connectivity index (χ1v) is 10.9. The normalized spacial score (nSPS) is 13.6. The summed E-state index contributed by atoms with van der Waals surface area (Å²) in [5.41, 5.74) is 3.38. The van der Waals surface area contributed by atoms with Crippen molar-refractivity contribution in [3.8, 4) is 5.75 Å². The molecule has 1 amide bonds. The van der Waals surface area contributed by atoms with E-state index in [1.54, 1.807) is 60.9 Å². The summed E-state index contributed by atoms with van der Waals surface area (Å²) < 4.78 is 11.5. The summed E-state index contributed by atoms with van der Waals surface area (Å²) in [6.07, 6.45) is 4.12. The van der Waals surface area contributed by atoms with Gasteiger partial charge in [-0.2, -0.15) is 0 Å². The number of aromatic nitrogens is 1. The molecule has 0 spiro atoms. The molecule has 156 valence electrons. The fraction of sp³-hybridized carbons (Fsp3) is 0.0455. The van der Waals surface area contributed by atoms with Gasteiger partial charge in [-0.3, -0.25) is 9.78 Å². The Balaban J connectivity index is 1.53. The number of pyridine rings is 1. The number of ether oxygens (including phenoxy) is 2. The van der Waals surface area contributed by atoms with Gasteiger partial charge in [-0.25, -0.2) is 4.79 Å². The molecular formula is C22H13Br2ClN2O4. The molecule has 0 bridgehead atoms. The Morgan fingerprint density at radius 1 is 1.16 bits per heavy atom. The van der Waals surface area contributed by atoms with E-state index in [9.17, 15) is 9.59 Å². The highest BCUT2D eigenvalue weighted by molar-refractivity contribution is 9.11. The number of anilines is 1. The van der Waals surface area contributed by atoms with Gasteiger partial charge in [0.2, 0.25) is 0 Å². The smallest absolute Gasteiger partial charge is 0.429 e. The van der Waals surface area contributed by atoms with Crippen LogP contribution in [0.2, 0.25) is 5.02 Å². The van der Waals surface area contributed by atoms with Crippen LogP contribution in [-0.4, -0.2) is 17.0 Å². The third-order valence-corrected chi connectivity index (χ3v) is 5.77. The fourth-order valence-corrected chi connectivity index (χ4v) is 4.52. The second-order valence-electron chi connectivity index (χ2n) is 6.52. The number of hydrogen-bond donors (Lipinski definition) is 1. The Hall–Kier alpha value is -2.68. The molecule has 2 heterocycles. The average molecular weight is 565 g/mol. The Labute approximate surface area is 199 Å². The number of nitrogens with zero attached hydrogens (tertiary/aromatic N) is 1. The molecule has 0 fully saturated rings. The Morgan fingerprint density at radius 3 is 2.65 bits per heavy atom. The zero-order chi connectivity index (χ0) is 22.0. The molecule has 0 saturated carbocycles. The number of halogens is 3. The van der Waals surface area contributed by atoms with Crippen LogP contribution in [0, 0.1) is 0 Å². The Kier molecular flexibility index (Phi) is 6.41. The van der Waals surface area contributed by atoms with Crippen molar-refractivity contribution < 1.29 is 19.1 Å². The summed E-state index contributed by atoms with van der Waals surface area (Å²) >= 11 is 12.9. The van der Waals surface area contributed by atoms with Crippen LogP contribution in [0.5, 0.6) is 5.75 Å². The number of rotatable bonds is 4. The molecule has 0 unspecified atom stereocenters. The first-order chi connectivity index (χ1) is 14.9. The van der Waals surface area contributed by atoms with Crippen molar-refractivity contribution in [2.24, 2.45) is 0 Å². The minimum atomic E-state index is -0.852. The van der Waals surface area contributed by atoms with Crippen LogP contribution >= 0.6 is 43.5 Å². The number of nitrogens with one attached hydrogen (secondary N) is 1. The molecule has 3 aromatic rings. The minimum absolute atomic E-state index is 0.0448. The van der Waals surface area contributed by atoms with Gasteiger partial charge in [0.1, 0.15) is 6.61 Å². The van der Waals surface area contributed by atoms with E-state index in [-0.39, 0.29) is 18.3 Å². The van der Waals surface area contributed by atoms with E-state index >= 15 is 0 Å². The fourth-order valence-electron chi connectivity index (χ4n) is 2.97. The molecule has 1 aliphatic heterocycles. The van der Waals surface area contributed by atoms with Gasteiger partial charge in [0.05, 0.1) is 8.95 Å². The molecule has 9 heteroatoms. The maximum atomic E-state index is 12.4. The van der Waals surface area contributed by atoms with E-state index < -0.39 is 6.16 Å². The standard InChI is InChI=1S/C22H13Br2ClN2O4/c23-17-7-13(6-16-15-9-14(25)3-4-19(15)27-21(16)28)8-18(24)20(17)31-22(29)30-11-12-2-1-5-26-10-12/h1-10H,11H2,(H,27,28)/b16-6-. The number of benzene rings is 2. The highest BCUT2D eigenvalue weighted by atomic mass is 79.9. The second-order valence-corrected chi connectivity index (χ2v) is 8.66. The molecule has 6 nitrogen and oxygen atoms in total. The maximum absolute atomic E-state index is 12.4. The number of fused-ring (bicyclic) bond motifs is 1. The van der Waals surface area contributed by atoms with Gasteiger partial charge >= 0.3 is 6.16 Å². The lowest BCUT2D eigenvalue weighted by Crippen LogP contribution is -2.11. The number of amides is 1. The topological polar surface area (TPSA) is 77.5 Å². The number of carbonyl (C=O) groups is 2. The molecule has 1 aromatic heterocycles. The predicted molar refractivity (Wildman–Crippen MR) is 125 cm³/mol. The summed E-state index contributed by atoms with van der Waals surface area (Å²) in [6, 6.07) is 12.2. The molecule has 0 saturated heterocycles. The van der Waals surface area contributed by atoms with Crippen molar-refractivity contribution in [1.82, 2.24) is 4.98 Å². The lowest BCUT2D eigenvalue weighted by atomic mass is 10.0. The van der Waals surface area contributed by atoms with Crippen LogP contribution in [0.4, 0.5) is 10.5 Å². The average Bonchev–Trinajstić information content (AvgIpc) is 3.04. The monoisotopic (exact) mass is 562 g/mol. The number of carbonyl (C=O) groups excluding carboxylic acids is 2. The first-order valence-electron chi connectivity index (χ1n) is 8.96. The lowest BCUT2D eigenvalue weighted by Gasteiger charge is -2.10. The third kappa shape index (κ3) is 4.98. The van der Waals surface area contributed by atoms with Crippen LogP contribution in [-0.2, 0) is 16.1 Å². The van der Waals surface area contributed by atoms with Gasteiger partial charge in [-0.1, -0.05) is 17.7 Å². The molecule has 4 rings (SSSR count). The Morgan fingerprint density at radius 2 is 1.94 bits per heavy atom. The predicted octanol–water partition coefficient (Wildman–Crippen LogP) is 6.47. The van der Waals surface area contributed by atoms with Crippen molar-refractivity contribution in [2.45, 2.75) is 6.61 Å². The molecule has 1 N–H and O–H groups in total. The van der Waals surface area contributed by atoms with Crippen LogP contribution in [0.15, 0.2) is 63.8 Å². The largest absolute Gasteiger partial charge is 0.514 e. The van der Waals surface area contributed by atoms with Crippen LogP contribution in [0.25, 0.3) is 11.6 Å². The number of hydrogen-bond acceptors (Lipinski definition) is 5. The van der Waals surface area contributed by atoms with Crippen molar-refractivity contribution in [3.63, 3.8) is 0 Å². The molecule has 31 heavy (non-hydrogen) atoms. The molecular weight excluding hydrogens is 552 g/mol. The van der Waals surface area contributed by atoms with Gasteiger partial charge in [-0.05, 0) is 79.9 Å². The van der Waals surface area contributed by atoms with E-state index in [2.05, 4.69) is 42.2 Å². The molecule has 2 aromatic carbocycles. The highest BCUT2D eigenvalue weighted by Crippen LogP contribution is 2.38. The van der Waals surface area contributed by atoms with Crippen molar-refractivity contribution in [1.29, 1.82) is 0 Å². The second kappa shape index (κ2) is 9.21. The lowest BCUT2D eigenvalue weighted by molar-refractivity contribution is -0.110. The van der Waals surface area contributed by atoms with Crippen LogP contribution in [0.1, 0.15) is 16.7 Å². The SMILES string of the molecule is O=C(OCc1cccnc1)Oc1c(Br)cc(/C=C2\C(=O)Nc3ccc(Cl)cc32)cc1Br. The van der Waals surface area contributed by atoms with E-state index in [4.69, 9.17) is 21.1 Å². The summed E-state index contributed by atoms with van der Waals surface area (Å²) in [5.74, 6) is 0.0430. The van der Waals surface area contributed by atoms with E-state index in [0.717, 1.165) is 11.1 Å². The summed E-state index contributed by atoms with van der Waals surface area (Å²) in [4.78, 5) is 28.4. The first kappa shape index (κ1) is 21.5. The van der Waals surface area contributed by atoms with Crippen molar-refractivity contribution in [2.75, 3.05) is 5.32 Å². The maximum Gasteiger partial charge on any atom is 0.514 e. The van der Waals surface area contributed by atoms with Gasteiger partial charge in [0.25, 0.3) is 5.91 Å². The van der Waals surface area contributed by atoms with Crippen LogP contribution < -0.4 is 10.1 Å². The molecule has 0 aliphatic carbocycles. The van der Waals surface area contributed by atoms with Crippen molar-refractivity contribution in [3.05, 3.63) is 85.5 Å². The van der Waals surface area contributed by atoms with Gasteiger partial charge in [0, 0.05) is 39.8 Å². The molecule has 1 aliphatic rings. The molecule has 0 atom stereocenters. The van der Waals surface area contributed by atoms with E-state index in [1.807, 2.05) is 0 Å². The zero-order valence-corrected chi connectivity index (χ0v) is 19.6. The van der Waals surface area contributed by atoms with Gasteiger partial charge < -0.3 is 14.8 Å². The zero-order valence-electron chi connectivity index (χ0n) is 15.7. The van der Waals surface area contributed by atoms with Gasteiger partial charge in [0.15, 0.2) is 5.75 Å². The summed E-state index contributed by atoms with van der Waals surface area (Å²) in [6.45, 7) is 0.0448. The van der Waals surface area contributed by atoms with E-state index in [1.165, 1.54) is 0 Å². The van der Waals surface area contributed by atoms with Crippen molar-refractivity contribution >= 4 is 72.9 Å². The highest BCUT2D eigenvalue weighted by Gasteiger charge is 2.24. The third-order valence-electron chi connectivity index (χ3n) is 4.36. The molecule has 0 radical (unpaired) electrons.